The van der Waals surface area contributed by atoms with Crippen LogP contribution >= 0.6 is 0 Å². The Bertz CT molecular complexity index is 521. The molecule has 3 N–H and O–H groups in total. The fraction of sp³-hybridized carbons (Fsp3) is 0.429. The lowest BCUT2D eigenvalue weighted by atomic mass is 10.0. The van der Waals surface area contributed by atoms with E-state index in [9.17, 15) is 18.4 Å². The lowest BCUT2D eigenvalue weighted by molar-refractivity contribution is -0.136. The molecule has 0 aliphatic carbocycles. The fourth-order valence-electron chi connectivity index (χ4n) is 1.78. The van der Waals surface area contributed by atoms with Gasteiger partial charge in [0.25, 0.3) is 0 Å². The third-order valence-corrected chi connectivity index (χ3v) is 2.72. The highest BCUT2D eigenvalue weighted by Gasteiger charge is 2.20. The van der Waals surface area contributed by atoms with E-state index in [1.54, 1.807) is 0 Å². The van der Waals surface area contributed by atoms with Crippen LogP contribution in [0.2, 0.25) is 0 Å². The summed E-state index contributed by atoms with van der Waals surface area (Å²) in [5.74, 6) is -4.29. The molecule has 7 heteroatoms. The first-order chi connectivity index (χ1) is 9.85. The zero-order valence-corrected chi connectivity index (χ0v) is 11.8. The van der Waals surface area contributed by atoms with E-state index in [2.05, 4.69) is 5.32 Å². The molecule has 0 fully saturated rings. The summed E-state index contributed by atoms with van der Waals surface area (Å²) >= 11 is 0. The first-order valence-corrected chi connectivity index (χ1v) is 6.51. The minimum Gasteiger partial charge on any atom is -0.394 e. The van der Waals surface area contributed by atoms with E-state index in [0.29, 0.717) is 6.42 Å². The lowest BCUT2D eigenvalue weighted by Crippen LogP contribution is -2.44. The standard InChI is InChI=1S/C14H18F2N2O3/c1-8(2)6-9(7-19)17-13(20)14(21)18-11-5-3-4-10(15)12(11)16/h3-5,8-9,19H,6-7H2,1-2H3,(H,17,20)(H,18,21). The van der Waals surface area contributed by atoms with E-state index in [0.717, 1.165) is 12.1 Å². The Morgan fingerprint density at radius 3 is 2.48 bits per heavy atom. The molecule has 0 aromatic heterocycles. The maximum absolute atomic E-state index is 13.4. The second-order valence-electron chi connectivity index (χ2n) is 5.04. The molecule has 0 spiro atoms. The summed E-state index contributed by atoms with van der Waals surface area (Å²) in [7, 11) is 0. The second kappa shape index (κ2) is 7.68. The van der Waals surface area contributed by atoms with Crippen molar-refractivity contribution in [2.45, 2.75) is 26.3 Å². The number of rotatable bonds is 5. The van der Waals surface area contributed by atoms with Gasteiger partial charge in [0.15, 0.2) is 11.6 Å². The molecule has 0 saturated heterocycles. The molecule has 0 aliphatic rings. The van der Waals surface area contributed by atoms with Crippen LogP contribution in [0.1, 0.15) is 20.3 Å². The number of aliphatic hydroxyl groups excluding tert-OH is 1. The first kappa shape index (κ1) is 17.0. The van der Waals surface area contributed by atoms with Crippen molar-refractivity contribution in [1.82, 2.24) is 5.32 Å². The quantitative estimate of drug-likeness (QED) is 0.720. The smallest absolute Gasteiger partial charge is 0.313 e. The maximum Gasteiger partial charge on any atom is 0.313 e. The number of anilines is 1. The fourth-order valence-corrected chi connectivity index (χ4v) is 1.78. The van der Waals surface area contributed by atoms with Crippen molar-refractivity contribution in [1.29, 1.82) is 0 Å². The van der Waals surface area contributed by atoms with E-state index < -0.39 is 35.2 Å². The van der Waals surface area contributed by atoms with Gasteiger partial charge in [-0.2, -0.15) is 0 Å². The predicted molar refractivity (Wildman–Crippen MR) is 73.5 cm³/mol. The van der Waals surface area contributed by atoms with E-state index in [-0.39, 0.29) is 12.5 Å². The molecule has 0 aliphatic heterocycles. The Kier molecular flexibility index (Phi) is 6.23. The number of carbonyl (C=O) groups excluding carboxylic acids is 2. The molecule has 0 bridgehead atoms. The summed E-state index contributed by atoms with van der Waals surface area (Å²) in [6.45, 7) is 3.49. The van der Waals surface area contributed by atoms with Crippen molar-refractivity contribution in [2.24, 2.45) is 5.92 Å². The molecule has 0 radical (unpaired) electrons. The van der Waals surface area contributed by atoms with Gasteiger partial charge in [-0.15, -0.1) is 0 Å². The highest BCUT2D eigenvalue weighted by molar-refractivity contribution is 6.39. The molecule has 1 rings (SSSR count). The summed E-state index contributed by atoms with van der Waals surface area (Å²) in [6, 6.07) is 2.68. The Morgan fingerprint density at radius 2 is 1.90 bits per heavy atom. The number of halogens is 2. The minimum absolute atomic E-state index is 0.214. The van der Waals surface area contributed by atoms with E-state index in [1.165, 1.54) is 6.07 Å². The van der Waals surface area contributed by atoms with Gasteiger partial charge in [0.05, 0.1) is 18.3 Å². The topological polar surface area (TPSA) is 78.4 Å². The van der Waals surface area contributed by atoms with Gasteiger partial charge in [0.1, 0.15) is 0 Å². The van der Waals surface area contributed by atoms with Crippen LogP contribution in [0.3, 0.4) is 0 Å². The third kappa shape index (κ3) is 5.11. The van der Waals surface area contributed by atoms with Gasteiger partial charge in [-0.1, -0.05) is 19.9 Å². The molecule has 5 nitrogen and oxygen atoms in total. The van der Waals surface area contributed by atoms with Crippen LogP contribution < -0.4 is 10.6 Å². The zero-order valence-electron chi connectivity index (χ0n) is 11.8. The number of nitrogens with one attached hydrogen (secondary N) is 2. The monoisotopic (exact) mass is 300 g/mol. The van der Waals surface area contributed by atoms with Gasteiger partial charge in [0.2, 0.25) is 0 Å². The number of carbonyl (C=O) groups is 2. The van der Waals surface area contributed by atoms with Crippen molar-refractivity contribution in [2.75, 3.05) is 11.9 Å². The molecule has 1 aromatic carbocycles. The summed E-state index contributed by atoms with van der Waals surface area (Å²) < 4.78 is 26.3. The molecule has 1 unspecified atom stereocenters. The van der Waals surface area contributed by atoms with E-state index in [4.69, 9.17) is 5.11 Å². The van der Waals surface area contributed by atoms with Gasteiger partial charge in [0, 0.05) is 0 Å². The first-order valence-electron chi connectivity index (χ1n) is 6.51. The van der Waals surface area contributed by atoms with Crippen LogP contribution in [0.5, 0.6) is 0 Å². The second-order valence-corrected chi connectivity index (χ2v) is 5.04. The SMILES string of the molecule is CC(C)CC(CO)NC(=O)C(=O)Nc1cccc(F)c1F. The maximum atomic E-state index is 13.4. The zero-order chi connectivity index (χ0) is 16.0. The van der Waals surface area contributed by atoms with Crippen molar-refractivity contribution in [3.05, 3.63) is 29.8 Å². The minimum atomic E-state index is -1.24. The normalized spacial score (nSPS) is 12.1. The molecular formula is C14H18F2N2O3. The Balaban J connectivity index is 2.66. The molecule has 1 aromatic rings. The number of amides is 2. The van der Waals surface area contributed by atoms with E-state index in [1.807, 2.05) is 19.2 Å². The van der Waals surface area contributed by atoms with Crippen LogP contribution in [-0.2, 0) is 9.59 Å². The largest absolute Gasteiger partial charge is 0.394 e. The van der Waals surface area contributed by atoms with Crippen molar-refractivity contribution in [3.8, 4) is 0 Å². The Morgan fingerprint density at radius 1 is 1.24 bits per heavy atom. The molecule has 0 saturated carbocycles. The van der Waals surface area contributed by atoms with Gasteiger partial charge in [-0.3, -0.25) is 9.59 Å². The van der Waals surface area contributed by atoms with Crippen molar-refractivity contribution < 1.29 is 23.5 Å². The van der Waals surface area contributed by atoms with Crippen LogP contribution in [0.4, 0.5) is 14.5 Å². The van der Waals surface area contributed by atoms with Crippen LogP contribution in [0.25, 0.3) is 0 Å². The molecule has 2 amide bonds. The predicted octanol–water partition coefficient (Wildman–Crippen LogP) is 1.43. The molecule has 21 heavy (non-hydrogen) atoms. The van der Waals surface area contributed by atoms with Crippen molar-refractivity contribution >= 4 is 17.5 Å². The molecular weight excluding hydrogens is 282 g/mol. The van der Waals surface area contributed by atoms with E-state index >= 15 is 0 Å². The summed E-state index contributed by atoms with van der Waals surface area (Å²) in [4.78, 5) is 23.3. The number of hydrogen-bond acceptors (Lipinski definition) is 3. The molecule has 1 atom stereocenters. The molecule has 116 valence electrons. The Labute approximate surface area is 121 Å². The average Bonchev–Trinajstić information content (AvgIpc) is 2.42. The Hall–Kier alpha value is -2.02. The highest BCUT2D eigenvalue weighted by atomic mass is 19.2. The van der Waals surface area contributed by atoms with Crippen molar-refractivity contribution in [3.63, 3.8) is 0 Å². The van der Waals surface area contributed by atoms with Crippen LogP contribution in [-0.4, -0.2) is 29.6 Å². The number of hydrogen-bond donors (Lipinski definition) is 3. The van der Waals surface area contributed by atoms with Gasteiger partial charge < -0.3 is 15.7 Å². The third-order valence-electron chi connectivity index (χ3n) is 2.72. The molecule has 0 heterocycles. The summed E-state index contributed by atoms with van der Waals surface area (Å²) in [5, 5.41) is 13.4. The summed E-state index contributed by atoms with van der Waals surface area (Å²) in [6.07, 6.45) is 0.490. The van der Waals surface area contributed by atoms with Gasteiger partial charge >= 0.3 is 11.8 Å². The van der Waals surface area contributed by atoms with Crippen LogP contribution in [0, 0.1) is 17.6 Å². The number of aliphatic hydroxyl groups is 1. The number of benzene rings is 1. The average molecular weight is 300 g/mol. The van der Waals surface area contributed by atoms with Gasteiger partial charge in [-0.25, -0.2) is 8.78 Å². The van der Waals surface area contributed by atoms with Gasteiger partial charge in [-0.05, 0) is 24.5 Å². The summed E-state index contributed by atoms with van der Waals surface area (Å²) in [5.41, 5.74) is -0.417. The highest BCUT2D eigenvalue weighted by Crippen LogP contribution is 2.16. The lowest BCUT2D eigenvalue weighted by Gasteiger charge is -2.17. The van der Waals surface area contributed by atoms with Crippen LogP contribution in [0.15, 0.2) is 18.2 Å².